The second-order valence-corrected chi connectivity index (χ2v) is 13.3. The van der Waals surface area contributed by atoms with Gasteiger partial charge in [-0.05, 0) is 19.3 Å². The first kappa shape index (κ1) is 41.3. The first-order valence-corrected chi connectivity index (χ1v) is 17.3. The number of carbonyl (C=O) groups is 5. The van der Waals surface area contributed by atoms with Crippen molar-refractivity contribution in [2.75, 3.05) is 6.61 Å². The third-order valence-corrected chi connectivity index (χ3v) is 8.75. The topological polar surface area (TPSA) is 180 Å². The fourth-order valence-corrected chi connectivity index (χ4v) is 5.63. The summed E-state index contributed by atoms with van der Waals surface area (Å²) in [5.74, 6) is -5.92. The van der Waals surface area contributed by atoms with Gasteiger partial charge < -0.3 is 35.6 Å². The number of amides is 3. The van der Waals surface area contributed by atoms with Crippen LogP contribution >= 0.6 is 0 Å². The highest BCUT2D eigenvalue weighted by atomic mass is 16.6. The maximum Gasteiger partial charge on any atom is 0.332 e. The number of ether oxygens (including phenoxy) is 2. The molecule has 0 aromatic heterocycles. The standard InChI is InChI=1S/C34H61N3O9/c1-8-9-10-11-12-13-14-15-16-17-18-19-27(40)22(4)30-23(5)31(41)36-28(21(2)3)32(42)37-29(24(6)38)33(43)35-26(34(44)46-30)20-45-25(7)39/h21-24,26-30,38,40H,8-20H2,1-7H3,(H,35,43)(H,36,41)(H,37,42)/t22-,23-,24-,26+,27-,28-,29+,30+/m0/s1. The van der Waals surface area contributed by atoms with Gasteiger partial charge in [0, 0.05) is 12.8 Å². The Hall–Kier alpha value is -2.73. The molecular weight excluding hydrogens is 594 g/mol. The molecule has 1 heterocycles. The predicted octanol–water partition coefficient (Wildman–Crippen LogP) is 3.30. The van der Waals surface area contributed by atoms with Gasteiger partial charge in [0.2, 0.25) is 17.7 Å². The number of aliphatic hydroxyl groups is 2. The van der Waals surface area contributed by atoms with Gasteiger partial charge in [0.25, 0.3) is 0 Å². The summed E-state index contributed by atoms with van der Waals surface area (Å²) in [6, 6.07) is -4.03. The van der Waals surface area contributed by atoms with Gasteiger partial charge in [-0.15, -0.1) is 0 Å². The lowest BCUT2D eigenvalue weighted by atomic mass is 9.86. The van der Waals surface area contributed by atoms with Crippen LogP contribution in [0.2, 0.25) is 0 Å². The van der Waals surface area contributed by atoms with E-state index < -0.39 is 84.5 Å². The lowest BCUT2D eigenvalue weighted by Gasteiger charge is -2.33. The average Bonchev–Trinajstić information content (AvgIpc) is 3.00. The largest absolute Gasteiger partial charge is 0.463 e. The Bertz CT molecular complexity index is 958. The molecule has 46 heavy (non-hydrogen) atoms. The summed E-state index contributed by atoms with van der Waals surface area (Å²) in [7, 11) is 0. The number of carbonyl (C=O) groups excluding carboxylic acids is 5. The second-order valence-electron chi connectivity index (χ2n) is 13.3. The van der Waals surface area contributed by atoms with Crippen molar-refractivity contribution in [3.63, 3.8) is 0 Å². The molecule has 266 valence electrons. The molecule has 5 N–H and O–H groups in total. The number of esters is 2. The van der Waals surface area contributed by atoms with Crippen molar-refractivity contribution in [2.24, 2.45) is 17.8 Å². The number of hydrogen-bond donors (Lipinski definition) is 5. The highest BCUT2D eigenvalue weighted by Gasteiger charge is 2.41. The summed E-state index contributed by atoms with van der Waals surface area (Å²) < 4.78 is 10.8. The molecule has 0 aliphatic carbocycles. The highest BCUT2D eigenvalue weighted by molar-refractivity contribution is 5.94. The number of aliphatic hydroxyl groups excluding tert-OH is 2. The average molecular weight is 656 g/mol. The molecule has 1 aliphatic rings. The highest BCUT2D eigenvalue weighted by Crippen LogP contribution is 2.25. The first-order valence-electron chi connectivity index (χ1n) is 17.3. The number of hydrogen-bond acceptors (Lipinski definition) is 9. The molecule has 0 unspecified atom stereocenters. The van der Waals surface area contributed by atoms with E-state index in [1.165, 1.54) is 51.9 Å². The lowest BCUT2D eigenvalue weighted by molar-refractivity contribution is -0.166. The molecule has 1 aliphatic heterocycles. The molecule has 3 amide bonds. The van der Waals surface area contributed by atoms with Gasteiger partial charge in [-0.25, -0.2) is 4.79 Å². The molecule has 0 radical (unpaired) electrons. The SMILES string of the molecule is CCCCCCCCCCCCC[C@H](O)[C@H](C)[C@H]1OC(=O)[C@@H](COC(C)=O)NC(=O)[C@@H]([C@H](C)O)NC(=O)[C@H](C(C)C)NC(=O)[C@H]1C. The Morgan fingerprint density at radius 3 is 1.78 bits per heavy atom. The van der Waals surface area contributed by atoms with E-state index in [0.717, 1.165) is 32.6 Å². The minimum atomic E-state index is -1.50. The fourth-order valence-electron chi connectivity index (χ4n) is 5.63. The molecule has 1 fully saturated rings. The summed E-state index contributed by atoms with van der Waals surface area (Å²) in [5, 5.41) is 29.0. The van der Waals surface area contributed by atoms with Crippen LogP contribution in [0.25, 0.3) is 0 Å². The van der Waals surface area contributed by atoms with E-state index in [9.17, 15) is 34.2 Å². The van der Waals surface area contributed by atoms with Crippen molar-refractivity contribution in [1.82, 2.24) is 16.0 Å². The van der Waals surface area contributed by atoms with E-state index >= 15 is 0 Å². The molecular formula is C34H61N3O9. The minimum Gasteiger partial charge on any atom is -0.463 e. The zero-order chi connectivity index (χ0) is 34.8. The molecule has 0 aromatic rings. The molecule has 0 bridgehead atoms. The van der Waals surface area contributed by atoms with Gasteiger partial charge in [-0.2, -0.15) is 0 Å². The maximum atomic E-state index is 13.5. The van der Waals surface area contributed by atoms with Gasteiger partial charge in [0.1, 0.15) is 24.8 Å². The maximum absolute atomic E-state index is 13.5. The van der Waals surface area contributed by atoms with Crippen LogP contribution in [0.5, 0.6) is 0 Å². The van der Waals surface area contributed by atoms with E-state index in [2.05, 4.69) is 22.9 Å². The van der Waals surface area contributed by atoms with E-state index in [-0.39, 0.29) is 5.92 Å². The zero-order valence-corrected chi connectivity index (χ0v) is 29.1. The van der Waals surface area contributed by atoms with Crippen LogP contribution < -0.4 is 16.0 Å². The third kappa shape index (κ3) is 14.8. The summed E-state index contributed by atoms with van der Waals surface area (Å²) in [5.41, 5.74) is 0. The van der Waals surface area contributed by atoms with Crippen LogP contribution in [0, 0.1) is 17.8 Å². The number of nitrogens with one attached hydrogen (secondary N) is 3. The van der Waals surface area contributed by atoms with Gasteiger partial charge in [-0.1, -0.05) is 105 Å². The molecule has 1 saturated heterocycles. The zero-order valence-electron chi connectivity index (χ0n) is 29.1. The lowest BCUT2D eigenvalue weighted by Crippen LogP contribution is -2.60. The molecule has 8 atom stereocenters. The second kappa shape index (κ2) is 22.0. The van der Waals surface area contributed by atoms with Crippen molar-refractivity contribution in [1.29, 1.82) is 0 Å². The van der Waals surface area contributed by atoms with Gasteiger partial charge in [-0.3, -0.25) is 19.2 Å². The summed E-state index contributed by atoms with van der Waals surface area (Å²) >= 11 is 0. The quantitative estimate of drug-likeness (QED) is 0.109. The Morgan fingerprint density at radius 2 is 1.28 bits per heavy atom. The Labute approximate surface area is 275 Å². The predicted molar refractivity (Wildman–Crippen MR) is 174 cm³/mol. The monoisotopic (exact) mass is 655 g/mol. The van der Waals surface area contributed by atoms with Crippen LogP contribution in [0.1, 0.15) is 126 Å². The first-order chi connectivity index (χ1) is 21.7. The number of cyclic esters (lactones) is 1. The van der Waals surface area contributed by atoms with E-state index in [1.807, 2.05) is 0 Å². The number of rotatable bonds is 18. The van der Waals surface area contributed by atoms with Crippen LogP contribution in [0.3, 0.4) is 0 Å². The van der Waals surface area contributed by atoms with Crippen LogP contribution in [0.15, 0.2) is 0 Å². The van der Waals surface area contributed by atoms with E-state index in [0.29, 0.717) is 6.42 Å². The van der Waals surface area contributed by atoms with Crippen LogP contribution in [-0.2, 0) is 33.4 Å². The van der Waals surface area contributed by atoms with E-state index in [1.54, 1.807) is 27.7 Å². The van der Waals surface area contributed by atoms with Crippen LogP contribution in [-0.4, -0.2) is 82.9 Å². The molecule has 1 rings (SSSR count). The van der Waals surface area contributed by atoms with E-state index in [4.69, 9.17) is 9.47 Å². The van der Waals surface area contributed by atoms with Crippen molar-refractivity contribution >= 4 is 29.7 Å². The smallest absolute Gasteiger partial charge is 0.332 e. The normalized spacial score (nSPS) is 25.1. The van der Waals surface area contributed by atoms with Crippen molar-refractivity contribution in [2.45, 2.75) is 162 Å². The molecule has 12 nitrogen and oxygen atoms in total. The Balaban J connectivity index is 3.08. The molecule has 0 aromatic carbocycles. The summed E-state index contributed by atoms with van der Waals surface area (Å²) in [6.07, 6.45) is 9.87. The van der Waals surface area contributed by atoms with Gasteiger partial charge in [0.15, 0.2) is 6.04 Å². The summed E-state index contributed by atoms with van der Waals surface area (Å²) in [4.78, 5) is 64.8. The van der Waals surface area contributed by atoms with Gasteiger partial charge in [0.05, 0.1) is 18.1 Å². The van der Waals surface area contributed by atoms with Crippen LogP contribution in [0.4, 0.5) is 0 Å². The van der Waals surface area contributed by atoms with Gasteiger partial charge >= 0.3 is 11.9 Å². The Morgan fingerprint density at radius 1 is 0.783 bits per heavy atom. The third-order valence-electron chi connectivity index (χ3n) is 8.75. The minimum absolute atomic E-state index is 0.388. The summed E-state index contributed by atoms with van der Waals surface area (Å²) in [6.45, 7) is 10.8. The Kier molecular flexibility index (Phi) is 19.7. The number of unbranched alkanes of at least 4 members (excludes halogenated alkanes) is 10. The fraction of sp³-hybridized carbons (Fsp3) is 0.853. The van der Waals surface area contributed by atoms with Crippen molar-refractivity contribution in [3.8, 4) is 0 Å². The molecule has 12 heteroatoms. The molecule has 0 saturated carbocycles. The van der Waals surface area contributed by atoms with Crippen molar-refractivity contribution in [3.05, 3.63) is 0 Å². The molecule has 0 spiro atoms. The van der Waals surface area contributed by atoms with Crippen molar-refractivity contribution < 1.29 is 43.7 Å².